The van der Waals surface area contributed by atoms with Crippen molar-refractivity contribution in [3.63, 3.8) is 0 Å². The number of hydrogen-bond donors (Lipinski definition) is 2. The minimum atomic E-state index is -3.85. The van der Waals surface area contributed by atoms with Gasteiger partial charge in [0.25, 0.3) is 0 Å². The average Bonchev–Trinajstić information content (AvgIpc) is 2.34. The Balaban J connectivity index is 2.92. The molecule has 8 heteroatoms. The fourth-order valence-electron chi connectivity index (χ4n) is 1.47. The molecule has 0 aliphatic heterocycles. The lowest BCUT2D eigenvalue weighted by atomic mass is 10.2. The standard InChI is InChI=1S/C11H15Cl2FN2O2S/c1-7(5-15-2)6-16-19(17,18)9-4-3-8(12)11(14)10(9)13/h3-4,7,15-16H,5-6H2,1-2H3. The van der Waals surface area contributed by atoms with Gasteiger partial charge in [0, 0.05) is 6.54 Å². The summed E-state index contributed by atoms with van der Waals surface area (Å²) >= 11 is 11.2. The SMILES string of the molecule is CNCC(C)CNS(=O)(=O)c1ccc(Cl)c(F)c1Cl. The molecular weight excluding hydrogens is 314 g/mol. The molecule has 1 aromatic carbocycles. The first kappa shape index (κ1) is 16.7. The van der Waals surface area contributed by atoms with E-state index >= 15 is 0 Å². The van der Waals surface area contributed by atoms with E-state index in [0.29, 0.717) is 6.54 Å². The first-order valence-corrected chi connectivity index (χ1v) is 7.81. The Morgan fingerprint density at radius 1 is 1.32 bits per heavy atom. The van der Waals surface area contributed by atoms with E-state index in [1.54, 1.807) is 7.05 Å². The van der Waals surface area contributed by atoms with Crippen LogP contribution in [0, 0.1) is 11.7 Å². The summed E-state index contributed by atoms with van der Waals surface area (Å²) in [5.41, 5.74) is 0. The molecule has 108 valence electrons. The van der Waals surface area contributed by atoms with E-state index in [-0.39, 0.29) is 22.4 Å². The second kappa shape index (κ2) is 6.85. The second-order valence-corrected chi connectivity index (χ2v) is 6.71. The van der Waals surface area contributed by atoms with Crippen molar-refractivity contribution in [2.24, 2.45) is 5.92 Å². The number of benzene rings is 1. The van der Waals surface area contributed by atoms with E-state index in [0.717, 1.165) is 6.07 Å². The van der Waals surface area contributed by atoms with Crippen LogP contribution in [0.5, 0.6) is 0 Å². The van der Waals surface area contributed by atoms with Crippen LogP contribution in [0.25, 0.3) is 0 Å². The van der Waals surface area contributed by atoms with E-state index in [1.165, 1.54) is 6.07 Å². The van der Waals surface area contributed by atoms with Crippen molar-refractivity contribution in [3.05, 3.63) is 28.0 Å². The second-order valence-electron chi connectivity index (χ2n) is 4.19. The lowest BCUT2D eigenvalue weighted by Gasteiger charge is -2.13. The highest BCUT2D eigenvalue weighted by atomic mass is 35.5. The highest BCUT2D eigenvalue weighted by Gasteiger charge is 2.22. The summed E-state index contributed by atoms with van der Waals surface area (Å²) in [5.74, 6) is -0.842. The zero-order chi connectivity index (χ0) is 14.6. The molecule has 1 aromatic rings. The van der Waals surface area contributed by atoms with Crippen molar-refractivity contribution in [2.45, 2.75) is 11.8 Å². The van der Waals surface area contributed by atoms with Gasteiger partial charge in [0.2, 0.25) is 10.0 Å². The monoisotopic (exact) mass is 328 g/mol. The maximum absolute atomic E-state index is 13.5. The Hall–Kier alpha value is -0.400. The van der Waals surface area contributed by atoms with Crippen LogP contribution in [0.2, 0.25) is 10.0 Å². The van der Waals surface area contributed by atoms with Crippen LogP contribution in [0.15, 0.2) is 17.0 Å². The zero-order valence-corrected chi connectivity index (χ0v) is 12.8. The summed E-state index contributed by atoms with van der Waals surface area (Å²) in [7, 11) is -2.08. The van der Waals surface area contributed by atoms with Gasteiger partial charge in [-0.05, 0) is 31.6 Å². The van der Waals surface area contributed by atoms with Gasteiger partial charge >= 0.3 is 0 Å². The van der Waals surface area contributed by atoms with Gasteiger partial charge < -0.3 is 5.32 Å². The molecule has 1 unspecified atom stereocenters. The highest BCUT2D eigenvalue weighted by molar-refractivity contribution is 7.89. The summed E-state index contributed by atoms with van der Waals surface area (Å²) in [4.78, 5) is -0.312. The molecule has 0 bridgehead atoms. The van der Waals surface area contributed by atoms with Crippen molar-refractivity contribution in [3.8, 4) is 0 Å². The van der Waals surface area contributed by atoms with Crippen LogP contribution in [0.4, 0.5) is 4.39 Å². The minimum Gasteiger partial charge on any atom is -0.319 e. The summed E-state index contributed by atoms with van der Waals surface area (Å²) in [6.07, 6.45) is 0. The summed E-state index contributed by atoms with van der Waals surface area (Å²) in [5, 5.41) is 2.22. The third kappa shape index (κ3) is 4.29. The highest BCUT2D eigenvalue weighted by Crippen LogP contribution is 2.29. The number of hydrogen-bond acceptors (Lipinski definition) is 3. The Morgan fingerprint density at radius 2 is 1.95 bits per heavy atom. The smallest absolute Gasteiger partial charge is 0.242 e. The lowest BCUT2D eigenvalue weighted by molar-refractivity contribution is 0.518. The van der Waals surface area contributed by atoms with E-state index in [9.17, 15) is 12.8 Å². The molecule has 0 aliphatic carbocycles. The molecule has 4 nitrogen and oxygen atoms in total. The minimum absolute atomic E-state index is 0.0932. The molecule has 0 amide bonds. The van der Waals surface area contributed by atoms with Gasteiger partial charge in [-0.15, -0.1) is 0 Å². The van der Waals surface area contributed by atoms with Crippen LogP contribution in [-0.4, -0.2) is 28.6 Å². The van der Waals surface area contributed by atoms with Crippen LogP contribution >= 0.6 is 23.2 Å². The largest absolute Gasteiger partial charge is 0.319 e. The van der Waals surface area contributed by atoms with Crippen molar-refractivity contribution in [2.75, 3.05) is 20.1 Å². The molecule has 0 fully saturated rings. The molecular formula is C11H15Cl2FN2O2S. The summed E-state index contributed by atoms with van der Waals surface area (Å²) < 4.78 is 39.9. The Bertz CT molecular complexity index is 552. The van der Waals surface area contributed by atoms with E-state index < -0.39 is 20.9 Å². The summed E-state index contributed by atoms with van der Waals surface area (Å²) in [6, 6.07) is 2.34. The molecule has 1 atom stereocenters. The maximum atomic E-state index is 13.5. The first-order chi connectivity index (χ1) is 8.79. The normalized spacial score (nSPS) is 13.5. The Labute approximate surface area is 122 Å². The van der Waals surface area contributed by atoms with Crippen molar-refractivity contribution in [1.29, 1.82) is 0 Å². The van der Waals surface area contributed by atoms with Gasteiger partial charge in [-0.3, -0.25) is 0 Å². The Kier molecular flexibility index (Phi) is 6.01. The first-order valence-electron chi connectivity index (χ1n) is 5.57. The lowest BCUT2D eigenvalue weighted by Crippen LogP contribution is -2.32. The van der Waals surface area contributed by atoms with E-state index in [4.69, 9.17) is 23.2 Å². The maximum Gasteiger partial charge on any atom is 0.242 e. The van der Waals surface area contributed by atoms with Crippen LogP contribution < -0.4 is 10.0 Å². The molecule has 0 spiro atoms. The molecule has 0 aromatic heterocycles. The topological polar surface area (TPSA) is 58.2 Å². The zero-order valence-electron chi connectivity index (χ0n) is 10.5. The van der Waals surface area contributed by atoms with Crippen molar-refractivity contribution >= 4 is 33.2 Å². The van der Waals surface area contributed by atoms with Gasteiger partial charge in [-0.2, -0.15) is 0 Å². The van der Waals surface area contributed by atoms with Gasteiger partial charge in [-0.25, -0.2) is 17.5 Å². The molecule has 0 saturated carbocycles. The quantitative estimate of drug-likeness (QED) is 0.787. The molecule has 19 heavy (non-hydrogen) atoms. The number of rotatable bonds is 6. The molecule has 0 saturated heterocycles. The van der Waals surface area contributed by atoms with Gasteiger partial charge in [0.1, 0.15) is 4.90 Å². The fraction of sp³-hybridized carbons (Fsp3) is 0.455. The van der Waals surface area contributed by atoms with E-state index in [1.807, 2.05) is 6.92 Å². The molecule has 1 rings (SSSR count). The van der Waals surface area contributed by atoms with Gasteiger partial charge in [-0.1, -0.05) is 30.1 Å². The molecule has 0 aliphatic rings. The van der Waals surface area contributed by atoms with Crippen LogP contribution in [-0.2, 0) is 10.0 Å². The van der Waals surface area contributed by atoms with Crippen LogP contribution in [0.3, 0.4) is 0 Å². The number of halogens is 3. The van der Waals surface area contributed by atoms with Crippen LogP contribution in [0.1, 0.15) is 6.92 Å². The predicted octanol–water partition coefficient (Wildman–Crippen LogP) is 2.27. The number of nitrogens with one attached hydrogen (secondary N) is 2. The fourth-order valence-corrected chi connectivity index (χ4v) is 3.37. The van der Waals surface area contributed by atoms with Gasteiger partial charge in [0.15, 0.2) is 5.82 Å². The third-order valence-electron chi connectivity index (χ3n) is 2.46. The Morgan fingerprint density at radius 3 is 2.53 bits per heavy atom. The summed E-state index contributed by atoms with van der Waals surface area (Å²) in [6.45, 7) is 2.76. The van der Waals surface area contributed by atoms with Crippen molar-refractivity contribution in [1.82, 2.24) is 10.0 Å². The molecule has 0 heterocycles. The van der Waals surface area contributed by atoms with Crippen molar-refractivity contribution < 1.29 is 12.8 Å². The van der Waals surface area contributed by atoms with Gasteiger partial charge in [0.05, 0.1) is 10.0 Å². The molecule has 2 N–H and O–H groups in total. The molecule has 0 radical (unpaired) electrons. The number of sulfonamides is 1. The average molecular weight is 329 g/mol. The van der Waals surface area contributed by atoms with E-state index in [2.05, 4.69) is 10.0 Å². The third-order valence-corrected chi connectivity index (χ3v) is 4.70. The predicted molar refractivity (Wildman–Crippen MR) is 74.7 cm³/mol.